The molecular weight excluding hydrogens is 464 g/mol. The predicted molar refractivity (Wildman–Crippen MR) is 125 cm³/mol. The van der Waals surface area contributed by atoms with Crippen LogP contribution in [-0.2, 0) is 16.1 Å². The maximum atomic E-state index is 12.5. The predicted octanol–water partition coefficient (Wildman–Crippen LogP) is 1.34. The highest BCUT2D eigenvalue weighted by atomic mass is 32.1. The normalized spacial score (nSPS) is 11.8. The SMILES string of the molecule is Cc1nc2ccc(N(CCO)Cc3ccc(C(=O)N[C@@H](CCC(=O)O)C(=O)O)s3)cc2c(=O)[nH]1. The van der Waals surface area contributed by atoms with Crippen LogP contribution in [0.4, 0.5) is 5.69 Å². The number of rotatable bonds is 11. The van der Waals surface area contributed by atoms with Gasteiger partial charge in [0.25, 0.3) is 11.5 Å². The van der Waals surface area contributed by atoms with E-state index in [2.05, 4.69) is 15.3 Å². The van der Waals surface area contributed by atoms with Gasteiger partial charge < -0.3 is 30.5 Å². The number of benzene rings is 1. The number of hydrogen-bond donors (Lipinski definition) is 5. The van der Waals surface area contributed by atoms with E-state index in [1.54, 1.807) is 37.3 Å². The molecule has 3 rings (SSSR count). The Balaban J connectivity index is 1.76. The summed E-state index contributed by atoms with van der Waals surface area (Å²) < 4.78 is 0. The van der Waals surface area contributed by atoms with Crippen LogP contribution < -0.4 is 15.8 Å². The number of nitrogens with zero attached hydrogens (tertiary/aromatic N) is 2. The molecular formula is C22H24N4O7S. The third kappa shape index (κ3) is 6.17. The zero-order valence-electron chi connectivity index (χ0n) is 18.3. The first kappa shape index (κ1) is 24.9. The molecule has 34 heavy (non-hydrogen) atoms. The van der Waals surface area contributed by atoms with Crippen LogP contribution in [-0.4, -0.2) is 62.3 Å². The number of nitrogens with one attached hydrogen (secondary N) is 2. The molecule has 0 radical (unpaired) electrons. The lowest BCUT2D eigenvalue weighted by atomic mass is 10.1. The molecule has 1 aromatic carbocycles. The van der Waals surface area contributed by atoms with Crippen molar-refractivity contribution in [3.05, 3.63) is 56.3 Å². The number of aromatic nitrogens is 2. The molecule has 0 saturated heterocycles. The number of aryl methyl sites for hydroxylation is 1. The van der Waals surface area contributed by atoms with Gasteiger partial charge in [-0.3, -0.25) is 14.4 Å². The summed E-state index contributed by atoms with van der Waals surface area (Å²) in [5.41, 5.74) is 0.982. The second kappa shape index (κ2) is 10.9. The quantitative estimate of drug-likeness (QED) is 0.267. The third-order valence-corrected chi connectivity index (χ3v) is 6.09. The number of H-pyrrole nitrogens is 1. The number of carbonyl (C=O) groups is 3. The average Bonchev–Trinajstić information content (AvgIpc) is 3.24. The number of fused-ring (bicyclic) bond motifs is 1. The molecule has 2 heterocycles. The summed E-state index contributed by atoms with van der Waals surface area (Å²) in [6, 6.07) is 7.18. The van der Waals surface area contributed by atoms with Gasteiger partial charge in [-0.05, 0) is 43.7 Å². The topological polar surface area (TPSA) is 173 Å². The van der Waals surface area contributed by atoms with Crippen LogP contribution in [0, 0.1) is 6.92 Å². The first-order valence-corrected chi connectivity index (χ1v) is 11.2. The fraction of sp³-hybridized carbons (Fsp3) is 0.318. The second-order valence-corrected chi connectivity index (χ2v) is 8.73. The average molecular weight is 489 g/mol. The Labute approximate surface area is 197 Å². The van der Waals surface area contributed by atoms with Crippen molar-refractivity contribution in [3.8, 4) is 0 Å². The minimum Gasteiger partial charge on any atom is -0.481 e. The molecule has 0 fully saturated rings. The molecule has 180 valence electrons. The van der Waals surface area contributed by atoms with Gasteiger partial charge in [0.1, 0.15) is 11.9 Å². The number of thiophene rings is 1. The number of aliphatic carboxylic acids is 2. The van der Waals surface area contributed by atoms with Crippen molar-refractivity contribution in [2.24, 2.45) is 0 Å². The number of aromatic amines is 1. The summed E-state index contributed by atoms with van der Waals surface area (Å²) in [7, 11) is 0. The number of anilines is 1. The Morgan fingerprint density at radius 3 is 2.65 bits per heavy atom. The molecule has 1 atom stereocenters. The van der Waals surface area contributed by atoms with E-state index in [-0.39, 0.29) is 36.4 Å². The Bertz CT molecular complexity index is 1270. The van der Waals surface area contributed by atoms with Crippen LogP contribution in [0.25, 0.3) is 10.9 Å². The number of amides is 1. The maximum absolute atomic E-state index is 12.5. The minimum atomic E-state index is -1.31. The van der Waals surface area contributed by atoms with Gasteiger partial charge in [-0.1, -0.05) is 0 Å². The monoisotopic (exact) mass is 488 g/mol. The highest BCUT2D eigenvalue weighted by molar-refractivity contribution is 7.14. The summed E-state index contributed by atoms with van der Waals surface area (Å²) in [5, 5.41) is 30.3. The zero-order valence-corrected chi connectivity index (χ0v) is 19.1. The largest absolute Gasteiger partial charge is 0.481 e. The molecule has 5 N–H and O–H groups in total. The Morgan fingerprint density at radius 2 is 1.97 bits per heavy atom. The molecule has 0 spiro atoms. The van der Waals surface area contributed by atoms with Crippen molar-refractivity contribution in [2.45, 2.75) is 32.4 Å². The highest BCUT2D eigenvalue weighted by Crippen LogP contribution is 2.24. The first-order chi connectivity index (χ1) is 16.2. The van der Waals surface area contributed by atoms with E-state index in [9.17, 15) is 29.4 Å². The van der Waals surface area contributed by atoms with Gasteiger partial charge in [-0.2, -0.15) is 0 Å². The van der Waals surface area contributed by atoms with E-state index < -0.39 is 23.9 Å². The Kier molecular flexibility index (Phi) is 7.97. The molecule has 1 amide bonds. The van der Waals surface area contributed by atoms with Crippen molar-refractivity contribution in [1.82, 2.24) is 15.3 Å². The van der Waals surface area contributed by atoms with Crippen LogP contribution in [0.3, 0.4) is 0 Å². The van der Waals surface area contributed by atoms with Gasteiger partial charge in [-0.15, -0.1) is 11.3 Å². The van der Waals surface area contributed by atoms with Gasteiger partial charge in [0, 0.05) is 23.5 Å². The van der Waals surface area contributed by atoms with E-state index >= 15 is 0 Å². The van der Waals surface area contributed by atoms with Crippen molar-refractivity contribution >= 4 is 45.8 Å². The number of aliphatic hydroxyl groups excluding tert-OH is 1. The van der Waals surface area contributed by atoms with Crippen molar-refractivity contribution in [3.63, 3.8) is 0 Å². The van der Waals surface area contributed by atoms with Gasteiger partial charge >= 0.3 is 11.9 Å². The first-order valence-electron chi connectivity index (χ1n) is 10.4. The summed E-state index contributed by atoms with van der Waals surface area (Å²) in [5.74, 6) is -2.56. The van der Waals surface area contributed by atoms with E-state index in [1.807, 2.05) is 4.90 Å². The summed E-state index contributed by atoms with van der Waals surface area (Å²) in [6.07, 6.45) is -0.610. The molecule has 11 nitrogen and oxygen atoms in total. The van der Waals surface area contributed by atoms with Crippen LogP contribution in [0.1, 0.15) is 33.2 Å². The van der Waals surface area contributed by atoms with Crippen LogP contribution >= 0.6 is 11.3 Å². The Morgan fingerprint density at radius 1 is 1.21 bits per heavy atom. The molecule has 0 aliphatic rings. The molecule has 0 aliphatic carbocycles. The molecule has 0 unspecified atom stereocenters. The third-order valence-electron chi connectivity index (χ3n) is 5.02. The van der Waals surface area contributed by atoms with Gasteiger partial charge in [0.05, 0.1) is 28.9 Å². The smallest absolute Gasteiger partial charge is 0.326 e. The Hall–Kier alpha value is -3.77. The van der Waals surface area contributed by atoms with Gasteiger partial charge in [0.15, 0.2) is 0 Å². The number of carboxylic acid groups (broad SMARTS) is 2. The van der Waals surface area contributed by atoms with Crippen LogP contribution in [0.5, 0.6) is 0 Å². The number of hydrogen-bond acceptors (Lipinski definition) is 8. The number of carboxylic acids is 2. The lowest BCUT2D eigenvalue weighted by molar-refractivity contribution is -0.140. The van der Waals surface area contributed by atoms with E-state index in [0.717, 1.165) is 16.2 Å². The molecule has 0 saturated carbocycles. The molecule has 0 bridgehead atoms. The number of carbonyl (C=O) groups excluding carboxylic acids is 1. The van der Waals surface area contributed by atoms with Gasteiger partial charge in [0.2, 0.25) is 0 Å². The van der Waals surface area contributed by atoms with Crippen molar-refractivity contribution < 1.29 is 29.7 Å². The second-order valence-electron chi connectivity index (χ2n) is 7.56. The lowest BCUT2D eigenvalue weighted by Crippen LogP contribution is -2.40. The fourth-order valence-corrected chi connectivity index (χ4v) is 4.31. The highest BCUT2D eigenvalue weighted by Gasteiger charge is 2.22. The lowest BCUT2D eigenvalue weighted by Gasteiger charge is -2.23. The number of aliphatic hydroxyl groups is 1. The van der Waals surface area contributed by atoms with E-state index in [0.29, 0.717) is 29.0 Å². The summed E-state index contributed by atoms with van der Waals surface area (Å²) >= 11 is 1.15. The molecule has 2 aromatic heterocycles. The zero-order chi connectivity index (χ0) is 24.8. The summed E-state index contributed by atoms with van der Waals surface area (Å²) in [6.45, 7) is 2.17. The molecule has 0 aliphatic heterocycles. The van der Waals surface area contributed by atoms with Crippen molar-refractivity contribution in [1.29, 1.82) is 0 Å². The fourth-order valence-electron chi connectivity index (χ4n) is 3.39. The van der Waals surface area contributed by atoms with E-state index in [4.69, 9.17) is 5.11 Å². The molecule has 12 heteroatoms. The van der Waals surface area contributed by atoms with Gasteiger partial charge in [-0.25, -0.2) is 9.78 Å². The maximum Gasteiger partial charge on any atom is 0.326 e. The summed E-state index contributed by atoms with van der Waals surface area (Å²) in [4.78, 5) is 56.7. The standard InChI is InChI=1S/C22H24N4O7S/c1-12-23-16-4-2-13(10-15(16)20(30)24-12)26(8-9-27)11-14-3-6-18(34-14)21(31)25-17(22(32)33)5-7-19(28)29/h2-4,6,10,17,27H,5,7-9,11H2,1H3,(H,25,31)(H,28,29)(H,32,33)(H,23,24,30)/t17-/m0/s1. The molecule has 3 aromatic rings. The van der Waals surface area contributed by atoms with Crippen LogP contribution in [0.15, 0.2) is 35.1 Å². The van der Waals surface area contributed by atoms with Crippen LogP contribution in [0.2, 0.25) is 0 Å². The van der Waals surface area contributed by atoms with E-state index in [1.165, 1.54) is 0 Å². The van der Waals surface area contributed by atoms with Crippen molar-refractivity contribution in [2.75, 3.05) is 18.1 Å². The minimum absolute atomic E-state index is 0.136.